The number of hydrogen-bond acceptors (Lipinski definition) is 1. The highest BCUT2D eigenvalue weighted by atomic mass is 32.2. The first-order valence-electron chi connectivity index (χ1n) is 2.76. The van der Waals surface area contributed by atoms with E-state index in [9.17, 15) is 13.2 Å². The third-order valence-electron chi connectivity index (χ3n) is 1.33. The van der Waals surface area contributed by atoms with Crippen LogP contribution in [0.2, 0.25) is 0 Å². The Morgan fingerprint density at radius 3 is 2.33 bits per heavy atom. The molecule has 1 aliphatic heterocycles. The molecular formula is C5H7F3S. The third-order valence-corrected chi connectivity index (χ3v) is 2.68. The van der Waals surface area contributed by atoms with Crippen molar-refractivity contribution >= 4 is 11.8 Å². The Hall–Kier alpha value is 0.140. The van der Waals surface area contributed by atoms with Gasteiger partial charge < -0.3 is 0 Å². The molecule has 4 heteroatoms. The van der Waals surface area contributed by atoms with Crippen LogP contribution in [0.5, 0.6) is 0 Å². The second-order valence-corrected chi connectivity index (χ2v) is 3.41. The van der Waals surface area contributed by atoms with Gasteiger partial charge in [0, 0.05) is 0 Å². The van der Waals surface area contributed by atoms with Gasteiger partial charge in [-0.05, 0) is 18.6 Å². The molecule has 0 aliphatic carbocycles. The molecule has 0 aromatic carbocycles. The molecule has 1 unspecified atom stereocenters. The van der Waals surface area contributed by atoms with Gasteiger partial charge in [0.05, 0.1) is 0 Å². The van der Waals surface area contributed by atoms with E-state index in [2.05, 4.69) is 0 Å². The zero-order valence-electron chi connectivity index (χ0n) is 4.74. The molecule has 9 heavy (non-hydrogen) atoms. The molecule has 1 fully saturated rings. The van der Waals surface area contributed by atoms with Crippen LogP contribution in [0.3, 0.4) is 0 Å². The fraction of sp³-hybridized carbons (Fsp3) is 1.00. The summed E-state index contributed by atoms with van der Waals surface area (Å²) >= 11 is 0.736. The lowest BCUT2D eigenvalue weighted by molar-refractivity contribution is 0.0264. The summed E-state index contributed by atoms with van der Waals surface area (Å²) in [5.74, 6) is 0.529. The minimum atomic E-state index is -2.81. The van der Waals surface area contributed by atoms with E-state index in [4.69, 9.17) is 0 Å². The first kappa shape index (κ1) is 7.25. The molecular weight excluding hydrogens is 149 g/mol. The SMILES string of the molecule is FC(F)C1(F)CCCS1. The van der Waals surface area contributed by atoms with Gasteiger partial charge in [0.25, 0.3) is 6.43 Å². The molecule has 1 atom stereocenters. The zero-order valence-corrected chi connectivity index (χ0v) is 5.56. The largest absolute Gasteiger partial charge is 0.281 e. The van der Waals surface area contributed by atoms with E-state index < -0.39 is 11.4 Å². The smallest absolute Gasteiger partial charge is 0.226 e. The van der Waals surface area contributed by atoms with E-state index in [-0.39, 0.29) is 6.42 Å². The molecule has 1 aliphatic rings. The Bertz CT molecular complexity index is 98.4. The summed E-state index contributed by atoms with van der Waals surface area (Å²) in [5.41, 5.74) is 0. The minimum Gasteiger partial charge on any atom is -0.226 e. The van der Waals surface area contributed by atoms with Gasteiger partial charge in [0.15, 0.2) is 0 Å². The number of hydrogen-bond donors (Lipinski definition) is 0. The normalized spacial score (nSPS) is 36.0. The van der Waals surface area contributed by atoms with Gasteiger partial charge in [-0.2, -0.15) is 0 Å². The maximum absolute atomic E-state index is 12.6. The lowest BCUT2D eigenvalue weighted by Crippen LogP contribution is -2.23. The van der Waals surface area contributed by atoms with Crippen molar-refractivity contribution in [1.82, 2.24) is 0 Å². The Labute approximate surface area is 55.8 Å². The van der Waals surface area contributed by atoms with Crippen molar-refractivity contribution in [3.05, 3.63) is 0 Å². The highest BCUT2D eigenvalue weighted by Crippen LogP contribution is 2.43. The Kier molecular flexibility index (Phi) is 1.94. The highest BCUT2D eigenvalue weighted by molar-refractivity contribution is 8.00. The minimum absolute atomic E-state index is 0.00926. The molecule has 1 heterocycles. The predicted molar refractivity (Wildman–Crippen MR) is 31.5 cm³/mol. The molecule has 0 aromatic rings. The van der Waals surface area contributed by atoms with E-state index in [0.717, 1.165) is 11.8 Å². The number of halogens is 3. The molecule has 0 nitrogen and oxygen atoms in total. The van der Waals surface area contributed by atoms with Crippen LogP contribution in [0.25, 0.3) is 0 Å². The van der Waals surface area contributed by atoms with E-state index in [1.54, 1.807) is 0 Å². The van der Waals surface area contributed by atoms with Gasteiger partial charge in [-0.25, -0.2) is 13.2 Å². The van der Waals surface area contributed by atoms with Crippen LogP contribution in [-0.4, -0.2) is 17.2 Å². The van der Waals surface area contributed by atoms with Gasteiger partial charge in [-0.1, -0.05) is 0 Å². The third kappa shape index (κ3) is 1.34. The van der Waals surface area contributed by atoms with Crippen LogP contribution in [0, 0.1) is 0 Å². The summed E-state index contributed by atoms with van der Waals surface area (Å²) in [7, 11) is 0. The quantitative estimate of drug-likeness (QED) is 0.562. The molecule has 0 saturated carbocycles. The maximum atomic E-state index is 12.6. The van der Waals surface area contributed by atoms with Crippen LogP contribution in [0.4, 0.5) is 13.2 Å². The molecule has 0 aromatic heterocycles. The van der Waals surface area contributed by atoms with Crippen LogP contribution in [-0.2, 0) is 0 Å². The topological polar surface area (TPSA) is 0 Å². The lowest BCUT2D eigenvalue weighted by Gasteiger charge is -2.15. The van der Waals surface area contributed by atoms with E-state index in [0.29, 0.717) is 12.2 Å². The second kappa shape index (κ2) is 2.40. The van der Waals surface area contributed by atoms with Gasteiger partial charge in [-0.3, -0.25) is 0 Å². The fourth-order valence-corrected chi connectivity index (χ4v) is 1.84. The van der Waals surface area contributed by atoms with Crippen LogP contribution < -0.4 is 0 Å². The lowest BCUT2D eigenvalue weighted by atomic mass is 10.2. The molecule has 0 radical (unpaired) electrons. The Morgan fingerprint density at radius 1 is 1.44 bits per heavy atom. The van der Waals surface area contributed by atoms with E-state index >= 15 is 0 Å². The average molecular weight is 156 g/mol. The van der Waals surface area contributed by atoms with Crippen LogP contribution in [0.1, 0.15) is 12.8 Å². The first-order chi connectivity index (χ1) is 4.15. The summed E-state index contributed by atoms with van der Waals surface area (Å²) in [6, 6.07) is 0. The standard InChI is InChI=1S/C5H7F3S/c6-4(7)5(8)2-1-3-9-5/h4H,1-3H2. The summed E-state index contributed by atoms with van der Waals surface area (Å²) in [6.07, 6.45) is -2.23. The second-order valence-electron chi connectivity index (χ2n) is 2.04. The summed E-state index contributed by atoms with van der Waals surface area (Å²) in [4.78, 5) is 0. The van der Waals surface area contributed by atoms with Crippen LogP contribution >= 0.6 is 11.8 Å². The van der Waals surface area contributed by atoms with Crippen molar-refractivity contribution in [2.24, 2.45) is 0 Å². The van der Waals surface area contributed by atoms with Crippen molar-refractivity contribution < 1.29 is 13.2 Å². The van der Waals surface area contributed by atoms with E-state index in [1.807, 2.05) is 0 Å². The van der Waals surface area contributed by atoms with E-state index in [1.165, 1.54) is 0 Å². The van der Waals surface area contributed by atoms with Gasteiger partial charge in [0.2, 0.25) is 5.00 Å². The van der Waals surface area contributed by atoms with Crippen molar-refractivity contribution in [2.45, 2.75) is 24.3 Å². The molecule has 1 rings (SSSR count). The van der Waals surface area contributed by atoms with Crippen molar-refractivity contribution in [1.29, 1.82) is 0 Å². The van der Waals surface area contributed by atoms with Gasteiger partial charge >= 0.3 is 0 Å². The van der Waals surface area contributed by atoms with Gasteiger partial charge in [-0.15, -0.1) is 11.8 Å². The van der Waals surface area contributed by atoms with Crippen LogP contribution in [0.15, 0.2) is 0 Å². The number of thioether (sulfide) groups is 1. The molecule has 1 saturated heterocycles. The first-order valence-corrected chi connectivity index (χ1v) is 3.75. The maximum Gasteiger partial charge on any atom is 0.281 e. The Balaban J connectivity index is 2.51. The monoisotopic (exact) mass is 156 g/mol. The molecule has 0 amide bonds. The molecule has 0 N–H and O–H groups in total. The molecule has 0 bridgehead atoms. The highest BCUT2D eigenvalue weighted by Gasteiger charge is 2.43. The number of rotatable bonds is 1. The fourth-order valence-electron chi connectivity index (χ4n) is 0.799. The van der Waals surface area contributed by atoms with Crippen molar-refractivity contribution in [3.63, 3.8) is 0 Å². The average Bonchev–Trinajstić information content (AvgIpc) is 2.16. The predicted octanol–water partition coefficient (Wildman–Crippen LogP) is 2.44. The zero-order chi connectivity index (χ0) is 6.91. The van der Waals surface area contributed by atoms with Gasteiger partial charge in [0.1, 0.15) is 0 Å². The van der Waals surface area contributed by atoms with Crippen molar-refractivity contribution in [3.8, 4) is 0 Å². The summed E-state index contributed by atoms with van der Waals surface area (Å²) in [5, 5.41) is -2.22. The molecule has 54 valence electrons. The summed E-state index contributed by atoms with van der Waals surface area (Å²) in [6.45, 7) is 0. The summed E-state index contributed by atoms with van der Waals surface area (Å²) < 4.78 is 36.1. The number of alkyl halides is 3. The molecule has 0 spiro atoms. The Morgan fingerprint density at radius 2 is 2.11 bits per heavy atom. The van der Waals surface area contributed by atoms with Crippen molar-refractivity contribution in [2.75, 3.05) is 5.75 Å².